The standard InChI is InChI=1S/C23H20N2O4S/c1-2-30(27,28)19-13-7-16(8-14-19)15-22(26)24-18-11-9-17(10-12-18)23-25-20-5-3-4-6-21(20)29-23/h3-14H,2,15H2,1H3,(H,24,26). The van der Waals surface area contributed by atoms with E-state index in [9.17, 15) is 13.2 Å². The first-order chi connectivity index (χ1) is 14.4. The number of para-hydroxylation sites is 2. The molecule has 0 aliphatic heterocycles. The number of sulfone groups is 1. The van der Waals surface area contributed by atoms with Gasteiger partial charge in [-0.2, -0.15) is 0 Å². The number of hydrogen-bond acceptors (Lipinski definition) is 5. The van der Waals surface area contributed by atoms with E-state index < -0.39 is 9.84 Å². The van der Waals surface area contributed by atoms with Crippen LogP contribution in [0.3, 0.4) is 0 Å². The number of amides is 1. The average molecular weight is 420 g/mol. The summed E-state index contributed by atoms with van der Waals surface area (Å²) in [5.41, 5.74) is 3.73. The van der Waals surface area contributed by atoms with Crippen molar-refractivity contribution in [3.8, 4) is 11.5 Å². The maximum atomic E-state index is 12.3. The summed E-state index contributed by atoms with van der Waals surface area (Å²) < 4.78 is 29.5. The number of nitrogens with zero attached hydrogens (tertiary/aromatic N) is 1. The summed E-state index contributed by atoms with van der Waals surface area (Å²) in [4.78, 5) is 17.1. The van der Waals surface area contributed by atoms with Gasteiger partial charge in [-0.05, 0) is 54.1 Å². The normalized spacial score (nSPS) is 11.5. The number of benzene rings is 3. The van der Waals surface area contributed by atoms with Gasteiger partial charge in [0.25, 0.3) is 0 Å². The molecule has 1 amide bonds. The summed E-state index contributed by atoms with van der Waals surface area (Å²) in [6, 6.07) is 21.2. The van der Waals surface area contributed by atoms with Crippen LogP contribution in [0.1, 0.15) is 12.5 Å². The maximum Gasteiger partial charge on any atom is 0.228 e. The topological polar surface area (TPSA) is 89.3 Å². The van der Waals surface area contributed by atoms with Crippen LogP contribution in [0.15, 0.2) is 82.1 Å². The highest BCUT2D eigenvalue weighted by Gasteiger charge is 2.12. The Hall–Kier alpha value is -3.45. The molecule has 0 spiro atoms. The van der Waals surface area contributed by atoms with Crippen LogP contribution >= 0.6 is 0 Å². The summed E-state index contributed by atoms with van der Waals surface area (Å²) >= 11 is 0. The van der Waals surface area contributed by atoms with Crippen molar-refractivity contribution in [3.05, 3.63) is 78.4 Å². The number of nitrogens with one attached hydrogen (secondary N) is 1. The number of carbonyl (C=O) groups excluding carboxylic acids is 1. The van der Waals surface area contributed by atoms with E-state index in [1.807, 2.05) is 36.4 Å². The Bertz CT molecular complexity index is 1260. The number of anilines is 1. The van der Waals surface area contributed by atoms with Crippen molar-refractivity contribution >= 4 is 32.5 Å². The van der Waals surface area contributed by atoms with Crippen LogP contribution in [0, 0.1) is 0 Å². The summed E-state index contributed by atoms with van der Waals surface area (Å²) in [5, 5.41) is 2.84. The highest BCUT2D eigenvalue weighted by atomic mass is 32.2. The quantitative estimate of drug-likeness (QED) is 0.497. The van der Waals surface area contributed by atoms with Crippen LogP contribution in [0.25, 0.3) is 22.6 Å². The minimum atomic E-state index is -3.24. The van der Waals surface area contributed by atoms with Gasteiger partial charge in [0.2, 0.25) is 11.8 Å². The molecule has 3 aromatic carbocycles. The Morgan fingerprint density at radius 1 is 0.967 bits per heavy atom. The third-order valence-electron chi connectivity index (χ3n) is 4.74. The highest BCUT2D eigenvalue weighted by molar-refractivity contribution is 7.91. The second kappa shape index (κ2) is 8.12. The van der Waals surface area contributed by atoms with Gasteiger partial charge >= 0.3 is 0 Å². The van der Waals surface area contributed by atoms with Gasteiger partial charge in [-0.25, -0.2) is 13.4 Å². The first kappa shape index (κ1) is 19.8. The number of carbonyl (C=O) groups is 1. The van der Waals surface area contributed by atoms with Crippen molar-refractivity contribution in [2.24, 2.45) is 0 Å². The summed E-state index contributed by atoms with van der Waals surface area (Å²) in [6.07, 6.45) is 0.152. The first-order valence-corrected chi connectivity index (χ1v) is 11.2. The Morgan fingerprint density at radius 3 is 2.33 bits per heavy atom. The predicted octanol–water partition coefficient (Wildman–Crippen LogP) is 4.47. The fourth-order valence-electron chi connectivity index (χ4n) is 3.06. The van der Waals surface area contributed by atoms with Crippen LogP contribution in [-0.2, 0) is 21.1 Å². The first-order valence-electron chi connectivity index (χ1n) is 9.52. The summed E-state index contributed by atoms with van der Waals surface area (Å²) in [6.45, 7) is 1.60. The summed E-state index contributed by atoms with van der Waals surface area (Å²) in [5.74, 6) is 0.388. The molecule has 0 bridgehead atoms. The van der Waals surface area contributed by atoms with Crippen LogP contribution in [0.4, 0.5) is 5.69 Å². The molecule has 4 aromatic rings. The van der Waals surface area contributed by atoms with Gasteiger partial charge < -0.3 is 9.73 Å². The van der Waals surface area contributed by atoms with E-state index in [1.54, 1.807) is 31.2 Å². The number of fused-ring (bicyclic) bond motifs is 1. The smallest absolute Gasteiger partial charge is 0.228 e. The fourth-order valence-corrected chi connectivity index (χ4v) is 3.95. The van der Waals surface area contributed by atoms with Crippen LogP contribution in [0.2, 0.25) is 0 Å². The van der Waals surface area contributed by atoms with E-state index in [0.29, 0.717) is 11.6 Å². The van der Waals surface area contributed by atoms with Gasteiger partial charge in [0.1, 0.15) is 5.52 Å². The number of rotatable bonds is 6. The van der Waals surface area contributed by atoms with Crippen molar-refractivity contribution in [3.63, 3.8) is 0 Å². The number of aromatic nitrogens is 1. The van der Waals surface area contributed by atoms with E-state index in [1.165, 1.54) is 12.1 Å². The fraction of sp³-hybridized carbons (Fsp3) is 0.130. The molecule has 0 radical (unpaired) electrons. The molecule has 0 aliphatic rings. The molecule has 4 rings (SSSR count). The molecule has 0 fully saturated rings. The van der Waals surface area contributed by atoms with Crippen molar-refractivity contribution in [2.45, 2.75) is 18.2 Å². The van der Waals surface area contributed by atoms with Crippen molar-refractivity contribution < 1.29 is 17.6 Å². The molecule has 6 nitrogen and oxygen atoms in total. The Labute approximate surface area is 174 Å². The highest BCUT2D eigenvalue weighted by Crippen LogP contribution is 2.25. The maximum absolute atomic E-state index is 12.3. The SMILES string of the molecule is CCS(=O)(=O)c1ccc(CC(=O)Nc2ccc(-c3nc4ccccc4o3)cc2)cc1. The average Bonchev–Trinajstić information content (AvgIpc) is 3.19. The molecule has 30 heavy (non-hydrogen) atoms. The zero-order valence-corrected chi connectivity index (χ0v) is 17.1. The number of oxazole rings is 1. The van der Waals surface area contributed by atoms with Gasteiger partial charge in [0.05, 0.1) is 17.1 Å². The molecular formula is C23H20N2O4S. The van der Waals surface area contributed by atoms with Gasteiger partial charge in [-0.1, -0.05) is 31.2 Å². The summed E-state index contributed by atoms with van der Waals surface area (Å²) in [7, 11) is -3.24. The van der Waals surface area contributed by atoms with Crippen LogP contribution in [-0.4, -0.2) is 25.1 Å². The molecule has 0 unspecified atom stereocenters. The van der Waals surface area contributed by atoms with E-state index in [4.69, 9.17) is 4.42 Å². The zero-order chi connectivity index (χ0) is 21.1. The van der Waals surface area contributed by atoms with Gasteiger partial charge in [-0.15, -0.1) is 0 Å². The molecule has 0 atom stereocenters. The molecule has 7 heteroatoms. The zero-order valence-electron chi connectivity index (χ0n) is 16.3. The molecule has 152 valence electrons. The lowest BCUT2D eigenvalue weighted by Gasteiger charge is -2.07. The van der Waals surface area contributed by atoms with Gasteiger partial charge in [0.15, 0.2) is 15.4 Å². The monoisotopic (exact) mass is 420 g/mol. The Balaban J connectivity index is 1.41. The second-order valence-electron chi connectivity index (χ2n) is 6.84. The molecule has 1 N–H and O–H groups in total. The van der Waals surface area contributed by atoms with Crippen LogP contribution < -0.4 is 5.32 Å². The lowest BCUT2D eigenvalue weighted by atomic mass is 10.1. The minimum Gasteiger partial charge on any atom is -0.436 e. The number of hydrogen-bond donors (Lipinski definition) is 1. The molecule has 1 heterocycles. The molecular weight excluding hydrogens is 400 g/mol. The Kier molecular flexibility index (Phi) is 5.37. The molecule has 1 aromatic heterocycles. The molecule has 0 aliphatic carbocycles. The third-order valence-corrected chi connectivity index (χ3v) is 6.49. The van der Waals surface area contributed by atoms with Gasteiger partial charge in [-0.3, -0.25) is 4.79 Å². The Morgan fingerprint density at radius 2 is 1.67 bits per heavy atom. The largest absolute Gasteiger partial charge is 0.436 e. The molecule has 0 saturated carbocycles. The van der Waals surface area contributed by atoms with Crippen molar-refractivity contribution in [1.29, 1.82) is 0 Å². The molecule has 0 saturated heterocycles. The van der Waals surface area contributed by atoms with E-state index in [2.05, 4.69) is 10.3 Å². The lowest BCUT2D eigenvalue weighted by Crippen LogP contribution is -2.14. The second-order valence-corrected chi connectivity index (χ2v) is 9.11. The lowest BCUT2D eigenvalue weighted by molar-refractivity contribution is -0.115. The minimum absolute atomic E-state index is 0.0480. The van der Waals surface area contributed by atoms with Crippen molar-refractivity contribution in [1.82, 2.24) is 4.98 Å². The van der Waals surface area contributed by atoms with Crippen LogP contribution in [0.5, 0.6) is 0 Å². The van der Waals surface area contributed by atoms with Crippen molar-refractivity contribution in [2.75, 3.05) is 11.1 Å². The van der Waals surface area contributed by atoms with E-state index in [-0.39, 0.29) is 23.0 Å². The predicted molar refractivity (Wildman–Crippen MR) is 116 cm³/mol. The van der Waals surface area contributed by atoms with E-state index in [0.717, 1.165) is 22.2 Å². The van der Waals surface area contributed by atoms with Gasteiger partial charge in [0, 0.05) is 11.3 Å². The van der Waals surface area contributed by atoms with E-state index >= 15 is 0 Å². The third kappa shape index (κ3) is 4.26.